The quantitative estimate of drug-likeness (QED) is 0.816. The van der Waals surface area contributed by atoms with E-state index in [2.05, 4.69) is 60.6 Å². The summed E-state index contributed by atoms with van der Waals surface area (Å²) in [5.41, 5.74) is 3.20. The summed E-state index contributed by atoms with van der Waals surface area (Å²) in [5, 5.41) is 10.7. The van der Waals surface area contributed by atoms with Gasteiger partial charge in [0.05, 0.1) is 12.2 Å². The highest BCUT2D eigenvalue weighted by Crippen LogP contribution is 2.41. The highest BCUT2D eigenvalue weighted by atomic mass is 16.6. The van der Waals surface area contributed by atoms with Crippen LogP contribution in [0.15, 0.2) is 12.1 Å². The standard InChI is InChI=1S/C18H28O2/c1-16(2,3)13-8-12(10-18(7)11-20-18)9-14(15(13)19)17(4,5)6/h8-9,19H,10-11H2,1-7H3. The maximum absolute atomic E-state index is 10.7. The second-order valence-corrected chi connectivity index (χ2v) is 8.45. The highest BCUT2D eigenvalue weighted by Gasteiger charge is 2.39. The van der Waals surface area contributed by atoms with Gasteiger partial charge < -0.3 is 9.84 Å². The van der Waals surface area contributed by atoms with E-state index in [-0.39, 0.29) is 16.4 Å². The Morgan fingerprint density at radius 2 is 1.45 bits per heavy atom. The molecule has 1 atom stereocenters. The van der Waals surface area contributed by atoms with Gasteiger partial charge in [0.1, 0.15) is 5.75 Å². The molecule has 0 spiro atoms. The molecule has 2 heteroatoms. The molecule has 0 aliphatic carbocycles. The van der Waals surface area contributed by atoms with Gasteiger partial charge in [0, 0.05) is 6.42 Å². The summed E-state index contributed by atoms with van der Waals surface area (Å²) in [5.74, 6) is 0.454. The Bertz CT molecular complexity index is 476. The van der Waals surface area contributed by atoms with Crippen molar-refractivity contribution in [2.75, 3.05) is 6.61 Å². The van der Waals surface area contributed by atoms with Gasteiger partial charge in [-0.15, -0.1) is 0 Å². The van der Waals surface area contributed by atoms with E-state index < -0.39 is 0 Å². The molecular weight excluding hydrogens is 248 g/mol. The third-order valence-corrected chi connectivity index (χ3v) is 4.00. The van der Waals surface area contributed by atoms with Crippen molar-refractivity contribution in [2.24, 2.45) is 0 Å². The molecule has 1 heterocycles. The summed E-state index contributed by atoms with van der Waals surface area (Å²) in [6, 6.07) is 4.30. The maximum atomic E-state index is 10.7. The average molecular weight is 276 g/mol. The fourth-order valence-electron chi connectivity index (χ4n) is 2.60. The van der Waals surface area contributed by atoms with E-state index in [4.69, 9.17) is 4.74 Å². The molecule has 0 amide bonds. The Hall–Kier alpha value is -1.02. The van der Waals surface area contributed by atoms with Crippen LogP contribution in [0, 0.1) is 0 Å². The van der Waals surface area contributed by atoms with Crippen LogP contribution in [-0.4, -0.2) is 17.3 Å². The SMILES string of the molecule is CC1(Cc2cc(C(C)(C)C)c(O)c(C(C)(C)C)c2)CO1. The summed E-state index contributed by atoms with van der Waals surface area (Å²) < 4.78 is 5.52. The largest absolute Gasteiger partial charge is 0.507 e. The second-order valence-electron chi connectivity index (χ2n) is 8.45. The first-order valence-corrected chi connectivity index (χ1v) is 7.43. The highest BCUT2D eigenvalue weighted by molar-refractivity contribution is 5.50. The van der Waals surface area contributed by atoms with Crippen molar-refractivity contribution in [1.29, 1.82) is 0 Å². The van der Waals surface area contributed by atoms with E-state index >= 15 is 0 Å². The molecule has 1 N–H and O–H groups in total. The number of hydrogen-bond donors (Lipinski definition) is 1. The first kappa shape index (κ1) is 15.4. The predicted octanol–water partition coefficient (Wildman–Crippen LogP) is 4.32. The monoisotopic (exact) mass is 276 g/mol. The Kier molecular flexibility index (Phi) is 3.45. The van der Waals surface area contributed by atoms with Gasteiger partial charge in [-0.3, -0.25) is 0 Å². The van der Waals surface area contributed by atoms with E-state index in [0.717, 1.165) is 24.2 Å². The van der Waals surface area contributed by atoms with Gasteiger partial charge in [0.15, 0.2) is 0 Å². The van der Waals surface area contributed by atoms with Crippen LogP contribution in [-0.2, 0) is 22.0 Å². The van der Waals surface area contributed by atoms with Crippen LogP contribution in [0.3, 0.4) is 0 Å². The molecule has 2 nitrogen and oxygen atoms in total. The number of rotatable bonds is 2. The fraction of sp³-hybridized carbons (Fsp3) is 0.667. The summed E-state index contributed by atoms with van der Waals surface area (Å²) in [6.07, 6.45) is 0.916. The lowest BCUT2D eigenvalue weighted by Crippen LogP contribution is -2.19. The number of phenolic OH excluding ortho intramolecular Hbond substituents is 1. The van der Waals surface area contributed by atoms with E-state index in [9.17, 15) is 5.11 Å². The van der Waals surface area contributed by atoms with E-state index in [0.29, 0.717) is 5.75 Å². The Balaban J connectivity index is 2.54. The lowest BCUT2D eigenvalue weighted by atomic mass is 9.77. The van der Waals surface area contributed by atoms with Crippen LogP contribution < -0.4 is 0 Å². The molecule has 1 aromatic carbocycles. The van der Waals surface area contributed by atoms with Crippen LogP contribution in [0.2, 0.25) is 0 Å². The third-order valence-electron chi connectivity index (χ3n) is 4.00. The zero-order chi connectivity index (χ0) is 15.3. The molecule has 1 aliphatic rings. The molecule has 2 rings (SSSR count). The van der Waals surface area contributed by atoms with Gasteiger partial charge in [0.25, 0.3) is 0 Å². The number of hydrogen-bond acceptors (Lipinski definition) is 2. The smallest absolute Gasteiger partial charge is 0.123 e. The minimum atomic E-state index is -0.0641. The molecule has 0 bridgehead atoms. The first-order valence-electron chi connectivity index (χ1n) is 7.43. The minimum Gasteiger partial charge on any atom is -0.507 e. The molecule has 1 saturated heterocycles. The molecule has 112 valence electrons. The molecule has 0 radical (unpaired) electrons. The zero-order valence-electron chi connectivity index (χ0n) is 13.9. The fourth-order valence-corrected chi connectivity index (χ4v) is 2.60. The number of benzene rings is 1. The topological polar surface area (TPSA) is 32.8 Å². The van der Waals surface area contributed by atoms with Crippen molar-refractivity contribution < 1.29 is 9.84 Å². The van der Waals surface area contributed by atoms with Gasteiger partial charge >= 0.3 is 0 Å². The van der Waals surface area contributed by atoms with Crippen molar-refractivity contribution in [3.63, 3.8) is 0 Å². The van der Waals surface area contributed by atoms with Crippen LogP contribution in [0.1, 0.15) is 65.2 Å². The minimum absolute atomic E-state index is 0.00127. The second kappa shape index (κ2) is 4.49. The van der Waals surface area contributed by atoms with E-state index in [1.54, 1.807) is 0 Å². The normalized spacial score (nSPS) is 22.9. The van der Waals surface area contributed by atoms with Crippen LogP contribution in [0.25, 0.3) is 0 Å². The molecule has 1 aromatic rings. The van der Waals surface area contributed by atoms with Gasteiger partial charge in [-0.2, -0.15) is 0 Å². The summed E-state index contributed by atoms with van der Waals surface area (Å²) in [4.78, 5) is 0. The predicted molar refractivity (Wildman–Crippen MR) is 83.6 cm³/mol. The Morgan fingerprint density at radius 1 is 1.05 bits per heavy atom. The molecule has 0 saturated carbocycles. The average Bonchev–Trinajstić information content (AvgIpc) is 2.95. The van der Waals surface area contributed by atoms with Crippen LogP contribution in [0.5, 0.6) is 5.75 Å². The molecule has 1 aliphatic heterocycles. The molecule has 1 fully saturated rings. The van der Waals surface area contributed by atoms with Gasteiger partial charge in [-0.05, 0) is 34.4 Å². The lowest BCUT2D eigenvalue weighted by molar-refractivity contribution is 0.321. The number of aromatic hydroxyl groups is 1. The summed E-state index contributed by atoms with van der Waals surface area (Å²) in [7, 11) is 0. The summed E-state index contributed by atoms with van der Waals surface area (Å²) in [6.45, 7) is 15.9. The van der Waals surface area contributed by atoms with Gasteiger partial charge in [-0.1, -0.05) is 53.7 Å². The zero-order valence-corrected chi connectivity index (χ0v) is 13.9. The van der Waals surface area contributed by atoms with Crippen LogP contribution >= 0.6 is 0 Å². The van der Waals surface area contributed by atoms with Gasteiger partial charge in [0.2, 0.25) is 0 Å². The summed E-state index contributed by atoms with van der Waals surface area (Å²) >= 11 is 0. The van der Waals surface area contributed by atoms with Crippen molar-refractivity contribution in [1.82, 2.24) is 0 Å². The number of epoxide rings is 1. The molecule has 1 unspecified atom stereocenters. The van der Waals surface area contributed by atoms with Crippen molar-refractivity contribution in [3.8, 4) is 5.75 Å². The van der Waals surface area contributed by atoms with Crippen molar-refractivity contribution in [2.45, 2.75) is 71.3 Å². The third kappa shape index (κ3) is 3.17. The molecule has 20 heavy (non-hydrogen) atoms. The van der Waals surface area contributed by atoms with E-state index in [1.807, 2.05) is 0 Å². The van der Waals surface area contributed by atoms with E-state index in [1.165, 1.54) is 5.56 Å². The van der Waals surface area contributed by atoms with Crippen molar-refractivity contribution in [3.05, 3.63) is 28.8 Å². The number of phenols is 1. The number of ether oxygens (including phenoxy) is 1. The lowest BCUT2D eigenvalue weighted by Gasteiger charge is -2.28. The van der Waals surface area contributed by atoms with Crippen molar-refractivity contribution >= 4 is 0 Å². The maximum Gasteiger partial charge on any atom is 0.123 e. The first-order chi connectivity index (χ1) is 8.92. The Morgan fingerprint density at radius 3 is 1.75 bits per heavy atom. The van der Waals surface area contributed by atoms with Crippen LogP contribution in [0.4, 0.5) is 0 Å². The van der Waals surface area contributed by atoms with Gasteiger partial charge in [-0.25, -0.2) is 0 Å². The molecular formula is C18H28O2. The molecule has 0 aromatic heterocycles. The Labute approximate surface area is 123 Å².